The maximum Gasteiger partial charge on any atom is 0.255 e. The zero-order chi connectivity index (χ0) is 16.5. The fourth-order valence-corrected chi connectivity index (χ4v) is 2.08. The third-order valence-electron chi connectivity index (χ3n) is 2.92. The minimum Gasteiger partial charge on any atom is -0.493 e. The van der Waals surface area contributed by atoms with Crippen LogP contribution in [0, 0.1) is 0 Å². The Morgan fingerprint density at radius 2 is 2.05 bits per heavy atom. The van der Waals surface area contributed by atoms with Crippen molar-refractivity contribution in [1.29, 1.82) is 0 Å². The van der Waals surface area contributed by atoms with E-state index in [0.717, 1.165) is 19.3 Å². The molecule has 1 aromatic carbocycles. The first kappa shape index (κ1) is 18.1. The number of hydrogen-bond acceptors (Lipinski definition) is 4. The molecule has 0 aromatic heterocycles. The zero-order valence-corrected chi connectivity index (χ0v) is 13.5. The summed E-state index contributed by atoms with van der Waals surface area (Å²) in [5.74, 6) is -0.411. The van der Waals surface area contributed by atoms with Crippen molar-refractivity contribution in [1.82, 2.24) is 5.32 Å². The SMILES string of the molecule is CCCCCNC(=O)c1cc(Cl)c(OCC(N)=O)c(OC)c1. The van der Waals surface area contributed by atoms with Crippen LogP contribution in [0.5, 0.6) is 11.5 Å². The lowest BCUT2D eigenvalue weighted by atomic mass is 10.1. The summed E-state index contributed by atoms with van der Waals surface area (Å²) in [7, 11) is 1.42. The van der Waals surface area contributed by atoms with E-state index < -0.39 is 5.91 Å². The Hall–Kier alpha value is -1.95. The van der Waals surface area contributed by atoms with Crippen LogP contribution in [0.4, 0.5) is 0 Å². The van der Waals surface area contributed by atoms with Gasteiger partial charge in [-0.3, -0.25) is 9.59 Å². The summed E-state index contributed by atoms with van der Waals surface area (Å²) in [6.45, 7) is 2.38. The molecule has 0 saturated heterocycles. The summed E-state index contributed by atoms with van der Waals surface area (Å²) < 4.78 is 10.4. The van der Waals surface area contributed by atoms with Gasteiger partial charge in [-0.2, -0.15) is 0 Å². The van der Waals surface area contributed by atoms with Crippen LogP contribution in [0.1, 0.15) is 36.5 Å². The van der Waals surface area contributed by atoms with Gasteiger partial charge in [-0.15, -0.1) is 0 Å². The van der Waals surface area contributed by atoms with Crippen LogP contribution in [-0.2, 0) is 4.79 Å². The lowest BCUT2D eigenvalue weighted by Crippen LogP contribution is -2.24. The summed E-state index contributed by atoms with van der Waals surface area (Å²) >= 11 is 6.09. The number of ether oxygens (including phenoxy) is 2. The number of benzene rings is 1. The second-order valence-corrected chi connectivity index (χ2v) is 5.11. The number of unbranched alkanes of at least 4 members (excludes halogenated alkanes) is 2. The molecule has 0 heterocycles. The quantitative estimate of drug-likeness (QED) is 0.679. The molecule has 0 fully saturated rings. The highest BCUT2D eigenvalue weighted by Gasteiger charge is 2.16. The van der Waals surface area contributed by atoms with Crippen molar-refractivity contribution in [2.24, 2.45) is 5.73 Å². The number of hydrogen-bond donors (Lipinski definition) is 2. The Kier molecular flexibility index (Phi) is 7.52. The smallest absolute Gasteiger partial charge is 0.255 e. The molecule has 7 heteroatoms. The predicted octanol–water partition coefficient (Wildman–Crippen LogP) is 2.13. The van der Waals surface area contributed by atoms with Gasteiger partial charge >= 0.3 is 0 Å². The van der Waals surface area contributed by atoms with Gasteiger partial charge in [0.05, 0.1) is 12.1 Å². The molecule has 0 atom stereocenters. The van der Waals surface area contributed by atoms with Gasteiger partial charge in [0.15, 0.2) is 18.1 Å². The molecule has 1 aromatic rings. The van der Waals surface area contributed by atoms with Crippen molar-refractivity contribution in [3.05, 3.63) is 22.7 Å². The number of carbonyl (C=O) groups excluding carboxylic acids is 2. The molecule has 0 unspecified atom stereocenters. The fourth-order valence-electron chi connectivity index (χ4n) is 1.81. The Morgan fingerprint density at radius 3 is 2.64 bits per heavy atom. The molecule has 0 aliphatic heterocycles. The van der Waals surface area contributed by atoms with Gasteiger partial charge in [-0.1, -0.05) is 31.4 Å². The van der Waals surface area contributed by atoms with E-state index in [9.17, 15) is 9.59 Å². The van der Waals surface area contributed by atoms with Gasteiger partial charge in [0.1, 0.15) is 0 Å². The number of nitrogens with one attached hydrogen (secondary N) is 1. The van der Waals surface area contributed by atoms with Crippen molar-refractivity contribution in [2.45, 2.75) is 26.2 Å². The molecule has 3 N–H and O–H groups in total. The molecule has 6 nitrogen and oxygen atoms in total. The molecular formula is C15H21ClN2O4. The maximum absolute atomic E-state index is 12.1. The number of methoxy groups -OCH3 is 1. The molecule has 0 aliphatic carbocycles. The minimum absolute atomic E-state index is 0.180. The molecule has 1 rings (SSSR count). The first-order valence-electron chi connectivity index (χ1n) is 7.06. The van der Waals surface area contributed by atoms with E-state index in [2.05, 4.69) is 12.2 Å². The summed E-state index contributed by atoms with van der Waals surface area (Å²) in [6, 6.07) is 2.98. The molecule has 0 aliphatic rings. The van der Waals surface area contributed by atoms with E-state index in [4.69, 9.17) is 26.8 Å². The van der Waals surface area contributed by atoms with E-state index in [1.54, 1.807) is 0 Å². The normalized spacial score (nSPS) is 10.1. The number of rotatable bonds is 9. The minimum atomic E-state index is -0.629. The van der Waals surface area contributed by atoms with Crippen LogP contribution in [0.25, 0.3) is 0 Å². The average Bonchev–Trinajstić information content (AvgIpc) is 2.49. The van der Waals surface area contributed by atoms with Crippen molar-refractivity contribution in [3.63, 3.8) is 0 Å². The van der Waals surface area contributed by atoms with E-state index in [1.807, 2.05) is 0 Å². The number of carbonyl (C=O) groups is 2. The number of primary amides is 1. The first-order valence-corrected chi connectivity index (χ1v) is 7.44. The average molecular weight is 329 g/mol. The Balaban J connectivity index is 2.83. The van der Waals surface area contributed by atoms with Crippen LogP contribution >= 0.6 is 11.6 Å². The third kappa shape index (κ3) is 5.44. The summed E-state index contributed by atoms with van der Waals surface area (Å²) in [5, 5.41) is 2.99. The van der Waals surface area contributed by atoms with Gasteiger partial charge in [-0.05, 0) is 18.6 Å². The predicted molar refractivity (Wildman–Crippen MR) is 84.6 cm³/mol. The van der Waals surface area contributed by atoms with Crippen molar-refractivity contribution >= 4 is 23.4 Å². The summed E-state index contributed by atoms with van der Waals surface area (Å²) in [4.78, 5) is 22.8. The molecule has 2 amide bonds. The van der Waals surface area contributed by atoms with Crippen LogP contribution in [0.15, 0.2) is 12.1 Å². The first-order chi connectivity index (χ1) is 10.5. The van der Waals surface area contributed by atoms with Gasteiger partial charge < -0.3 is 20.5 Å². The van der Waals surface area contributed by atoms with Crippen LogP contribution in [0.2, 0.25) is 5.02 Å². The highest BCUT2D eigenvalue weighted by Crippen LogP contribution is 2.36. The molecule has 122 valence electrons. The largest absolute Gasteiger partial charge is 0.493 e. The van der Waals surface area contributed by atoms with E-state index in [-0.39, 0.29) is 29.0 Å². The highest BCUT2D eigenvalue weighted by atomic mass is 35.5. The van der Waals surface area contributed by atoms with Crippen LogP contribution in [0.3, 0.4) is 0 Å². The Labute approximate surface area is 134 Å². The Morgan fingerprint density at radius 1 is 1.32 bits per heavy atom. The number of nitrogens with two attached hydrogens (primary N) is 1. The van der Waals surface area contributed by atoms with E-state index >= 15 is 0 Å². The number of amides is 2. The van der Waals surface area contributed by atoms with Crippen molar-refractivity contribution in [3.8, 4) is 11.5 Å². The molecular weight excluding hydrogens is 308 g/mol. The van der Waals surface area contributed by atoms with E-state index in [0.29, 0.717) is 12.1 Å². The molecule has 22 heavy (non-hydrogen) atoms. The summed E-state index contributed by atoms with van der Waals surface area (Å²) in [6.07, 6.45) is 3.07. The van der Waals surface area contributed by atoms with Crippen molar-refractivity contribution < 1.29 is 19.1 Å². The highest BCUT2D eigenvalue weighted by molar-refractivity contribution is 6.32. The van der Waals surface area contributed by atoms with Gasteiger partial charge in [0, 0.05) is 12.1 Å². The third-order valence-corrected chi connectivity index (χ3v) is 3.20. The van der Waals surface area contributed by atoms with Crippen LogP contribution < -0.4 is 20.5 Å². The molecule has 0 radical (unpaired) electrons. The lowest BCUT2D eigenvalue weighted by Gasteiger charge is -2.13. The lowest BCUT2D eigenvalue weighted by molar-refractivity contribution is -0.119. The molecule has 0 bridgehead atoms. The maximum atomic E-state index is 12.1. The molecule has 0 saturated carbocycles. The second-order valence-electron chi connectivity index (χ2n) is 4.71. The van der Waals surface area contributed by atoms with E-state index in [1.165, 1.54) is 19.2 Å². The Bertz CT molecular complexity index is 535. The zero-order valence-electron chi connectivity index (χ0n) is 12.8. The fraction of sp³-hybridized carbons (Fsp3) is 0.467. The standard InChI is InChI=1S/C15H21ClN2O4/c1-3-4-5-6-18-15(20)10-7-11(16)14(12(8-10)21-2)22-9-13(17)19/h7-8H,3-6,9H2,1-2H3,(H2,17,19)(H,18,20). The van der Waals surface area contributed by atoms with Gasteiger partial charge in [-0.25, -0.2) is 0 Å². The van der Waals surface area contributed by atoms with Crippen LogP contribution in [-0.4, -0.2) is 32.1 Å². The summed E-state index contributed by atoms with van der Waals surface area (Å²) in [5.41, 5.74) is 5.39. The van der Waals surface area contributed by atoms with Crippen molar-refractivity contribution in [2.75, 3.05) is 20.3 Å². The number of halogens is 1. The van der Waals surface area contributed by atoms with Gasteiger partial charge in [0.2, 0.25) is 0 Å². The van der Waals surface area contributed by atoms with Gasteiger partial charge in [0.25, 0.3) is 11.8 Å². The monoisotopic (exact) mass is 328 g/mol. The topological polar surface area (TPSA) is 90.6 Å². The molecule has 0 spiro atoms. The second kappa shape index (κ2) is 9.15.